The number of halogens is 1. The zero-order chi connectivity index (χ0) is 12.3. The summed E-state index contributed by atoms with van der Waals surface area (Å²) in [7, 11) is 0. The van der Waals surface area contributed by atoms with Crippen molar-refractivity contribution in [2.24, 2.45) is 0 Å². The van der Waals surface area contributed by atoms with Crippen LogP contribution in [0.25, 0.3) is 0 Å². The quantitative estimate of drug-likeness (QED) is 0.744. The largest absolute Gasteiger partial charge is 0.294 e. The van der Waals surface area contributed by atoms with Crippen molar-refractivity contribution in [2.75, 3.05) is 6.54 Å². The number of hydrogen-bond acceptors (Lipinski definition) is 1. The lowest BCUT2D eigenvalue weighted by Gasteiger charge is -2.33. The lowest BCUT2D eigenvalue weighted by molar-refractivity contribution is 0.157. The summed E-state index contributed by atoms with van der Waals surface area (Å²) in [6, 6.07) is 8.08. The van der Waals surface area contributed by atoms with Crippen LogP contribution < -0.4 is 0 Å². The first-order chi connectivity index (χ1) is 8.18. The lowest BCUT2D eigenvalue weighted by atomic mass is 10.00. The Balaban J connectivity index is 2.22. The molecular weight excluding hydrogens is 213 g/mol. The van der Waals surface area contributed by atoms with Crippen LogP contribution in [0.15, 0.2) is 24.3 Å². The fourth-order valence-electron chi connectivity index (χ4n) is 2.79. The van der Waals surface area contributed by atoms with Crippen molar-refractivity contribution >= 4 is 0 Å². The monoisotopic (exact) mass is 235 g/mol. The molecule has 2 rings (SSSR count). The second-order valence-electron chi connectivity index (χ2n) is 5.25. The molecule has 1 atom stereocenters. The maximum absolute atomic E-state index is 13.0. The highest BCUT2D eigenvalue weighted by atomic mass is 19.1. The maximum atomic E-state index is 13.0. The van der Waals surface area contributed by atoms with Gasteiger partial charge in [-0.1, -0.05) is 25.0 Å². The highest BCUT2D eigenvalue weighted by Crippen LogP contribution is 2.31. The van der Waals surface area contributed by atoms with Gasteiger partial charge in [-0.05, 0) is 50.9 Å². The van der Waals surface area contributed by atoms with Crippen molar-refractivity contribution in [1.82, 2.24) is 4.90 Å². The van der Waals surface area contributed by atoms with Crippen LogP contribution in [0.3, 0.4) is 0 Å². The first kappa shape index (κ1) is 12.6. The van der Waals surface area contributed by atoms with Gasteiger partial charge in [-0.3, -0.25) is 4.90 Å². The Morgan fingerprint density at radius 2 is 1.82 bits per heavy atom. The molecule has 1 aliphatic rings. The fourth-order valence-corrected chi connectivity index (χ4v) is 2.79. The highest BCUT2D eigenvalue weighted by Gasteiger charge is 2.24. The molecule has 1 aromatic rings. The summed E-state index contributed by atoms with van der Waals surface area (Å²) < 4.78 is 13.0. The van der Waals surface area contributed by atoms with Crippen LogP contribution in [-0.2, 0) is 0 Å². The molecule has 17 heavy (non-hydrogen) atoms. The predicted octanol–water partition coefficient (Wildman–Crippen LogP) is 4.15. The van der Waals surface area contributed by atoms with Crippen molar-refractivity contribution < 1.29 is 4.39 Å². The number of benzene rings is 1. The molecule has 0 amide bonds. The van der Waals surface area contributed by atoms with Gasteiger partial charge < -0.3 is 0 Å². The maximum Gasteiger partial charge on any atom is 0.123 e. The van der Waals surface area contributed by atoms with Crippen LogP contribution >= 0.6 is 0 Å². The zero-order valence-corrected chi connectivity index (χ0v) is 10.8. The van der Waals surface area contributed by atoms with E-state index in [1.54, 1.807) is 12.1 Å². The predicted molar refractivity (Wildman–Crippen MR) is 69.5 cm³/mol. The van der Waals surface area contributed by atoms with E-state index in [-0.39, 0.29) is 5.82 Å². The van der Waals surface area contributed by atoms with Crippen molar-refractivity contribution in [3.8, 4) is 0 Å². The zero-order valence-electron chi connectivity index (χ0n) is 10.8. The van der Waals surface area contributed by atoms with Crippen molar-refractivity contribution in [3.63, 3.8) is 0 Å². The van der Waals surface area contributed by atoms with E-state index in [4.69, 9.17) is 0 Å². The molecule has 0 N–H and O–H groups in total. The Morgan fingerprint density at radius 1 is 1.12 bits per heavy atom. The van der Waals surface area contributed by atoms with Crippen LogP contribution in [0.4, 0.5) is 4.39 Å². The van der Waals surface area contributed by atoms with E-state index in [0.29, 0.717) is 12.1 Å². The Hall–Kier alpha value is -0.890. The van der Waals surface area contributed by atoms with Crippen LogP contribution in [0, 0.1) is 5.82 Å². The molecular formula is C15H22FN. The Morgan fingerprint density at radius 3 is 2.47 bits per heavy atom. The molecule has 0 spiro atoms. The molecule has 1 fully saturated rings. The Bertz CT molecular complexity index is 344. The molecule has 1 heterocycles. The van der Waals surface area contributed by atoms with Crippen molar-refractivity contribution in [2.45, 2.75) is 51.6 Å². The minimum Gasteiger partial charge on any atom is -0.294 e. The van der Waals surface area contributed by atoms with Gasteiger partial charge in [0.05, 0.1) is 0 Å². The Labute approximate surface area is 104 Å². The third-order valence-electron chi connectivity index (χ3n) is 3.71. The van der Waals surface area contributed by atoms with Gasteiger partial charge in [-0.25, -0.2) is 4.39 Å². The molecule has 1 saturated heterocycles. The van der Waals surface area contributed by atoms with E-state index in [1.807, 2.05) is 12.1 Å². The first-order valence-electron chi connectivity index (χ1n) is 6.69. The third-order valence-corrected chi connectivity index (χ3v) is 3.71. The van der Waals surface area contributed by atoms with E-state index in [9.17, 15) is 4.39 Å². The van der Waals surface area contributed by atoms with Crippen molar-refractivity contribution in [1.29, 1.82) is 0 Å². The Kier molecular flexibility index (Phi) is 4.16. The van der Waals surface area contributed by atoms with Crippen LogP contribution in [0.1, 0.15) is 51.1 Å². The van der Waals surface area contributed by atoms with Crippen LogP contribution in [0.2, 0.25) is 0 Å². The van der Waals surface area contributed by atoms with E-state index in [1.165, 1.54) is 37.8 Å². The smallest absolute Gasteiger partial charge is 0.123 e. The van der Waals surface area contributed by atoms with Crippen molar-refractivity contribution in [3.05, 3.63) is 35.6 Å². The molecule has 1 unspecified atom stereocenters. The summed E-state index contributed by atoms with van der Waals surface area (Å²) in [5.74, 6) is -0.140. The molecule has 0 bridgehead atoms. The van der Waals surface area contributed by atoms with Gasteiger partial charge in [0.15, 0.2) is 0 Å². The van der Waals surface area contributed by atoms with Gasteiger partial charge in [0.25, 0.3) is 0 Å². The SMILES string of the molecule is CC(C)N1CCCCCC1c1ccc(F)cc1. The van der Waals surface area contributed by atoms with Gasteiger partial charge in [-0.15, -0.1) is 0 Å². The molecule has 2 heteroatoms. The molecule has 1 nitrogen and oxygen atoms in total. The highest BCUT2D eigenvalue weighted by molar-refractivity contribution is 5.20. The molecule has 0 aromatic heterocycles. The first-order valence-corrected chi connectivity index (χ1v) is 6.69. The number of rotatable bonds is 2. The summed E-state index contributed by atoms with van der Waals surface area (Å²) >= 11 is 0. The fraction of sp³-hybridized carbons (Fsp3) is 0.600. The summed E-state index contributed by atoms with van der Waals surface area (Å²) in [5.41, 5.74) is 1.27. The normalized spacial score (nSPS) is 22.7. The number of nitrogens with zero attached hydrogens (tertiary/aromatic N) is 1. The van der Waals surface area contributed by atoms with E-state index < -0.39 is 0 Å². The standard InChI is InChI=1S/C15H22FN/c1-12(2)17-11-5-3-4-6-15(17)13-7-9-14(16)10-8-13/h7-10,12,15H,3-6,11H2,1-2H3. The minimum absolute atomic E-state index is 0.140. The lowest BCUT2D eigenvalue weighted by Crippen LogP contribution is -2.34. The third kappa shape index (κ3) is 3.06. The van der Waals surface area contributed by atoms with Gasteiger partial charge in [0.1, 0.15) is 5.82 Å². The summed E-state index contributed by atoms with van der Waals surface area (Å²) in [6.45, 7) is 5.67. The molecule has 0 aliphatic carbocycles. The number of likely N-dealkylation sites (tertiary alicyclic amines) is 1. The molecule has 0 radical (unpaired) electrons. The summed E-state index contributed by atoms with van der Waals surface area (Å²) in [5, 5.41) is 0. The van der Waals surface area contributed by atoms with Gasteiger partial charge in [0, 0.05) is 12.1 Å². The van der Waals surface area contributed by atoms with Gasteiger partial charge in [-0.2, -0.15) is 0 Å². The summed E-state index contributed by atoms with van der Waals surface area (Å²) in [4.78, 5) is 2.56. The molecule has 1 aromatic carbocycles. The van der Waals surface area contributed by atoms with E-state index in [2.05, 4.69) is 18.7 Å². The summed E-state index contributed by atoms with van der Waals surface area (Å²) in [6.07, 6.45) is 5.09. The second-order valence-corrected chi connectivity index (χ2v) is 5.25. The minimum atomic E-state index is -0.140. The average molecular weight is 235 g/mol. The molecule has 94 valence electrons. The number of hydrogen-bond donors (Lipinski definition) is 0. The van der Waals surface area contributed by atoms with Crippen LogP contribution in [-0.4, -0.2) is 17.5 Å². The van der Waals surface area contributed by atoms with Gasteiger partial charge in [0.2, 0.25) is 0 Å². The molecule has 0 saturated carbocycles. The average Bonchev–Trinajstić information content (AvgIpc) is 2.55. The van der Waals surface area contributed by atoms with Crippen LogP contribution in [0.5, 0.6) is 0 Å². The topological polar surface area (TPSA) is 3.24 Å². The van der Waals surface area contributed by atoms with E-state index in [0.717, 1.165) is 0 Å². The molecule has 1 aliphatic heterocycles. The second kappa shape index (κ2) is 5.63. The van der Waals surface area contributed by atoms with Gasteiger partial charge >= 0.3 is 0 Å². The van der Waals surface area contributed by atoms with E-state index >= 15 is 0 Å².